The Bertz CT molecular complexity index is 2470. The summed E-state index contributed by atoms with van der Waals surface area (Å²) in [5.74, 6) is 0. The van der Waals surface area contributed by atoms with Crippen LogP contribution in [-0.2, 0) is 5.41 Å². The van der Waals surface area contributed by atoms with Gasteiger partial charge >= 0.3 is 0 Å². The highest BCUT2D eigenvalue weighted by molar-refractivity contribution is 6.08. The number of hydrogen-bond donors (Lipinski definition) is 0. The van der Waals surface area contributed by atoms with Crippen molar-refractivity contribution >= 4 is 38.6 Å². The molecule has 0 heterocycles. The summed E-state index contributed by atoms with van der Waals surface area (Å²) in [5.41, 5.74) is 13.6. The first-order chi connectivity index (χ1) is 23.6. The molecule has 8 aromatic rings. The summed E-state index contributed by atoms with van der Waals surface area (Å²) in [6.45, 7) is 4.78. The lowest BCUT2D eigenvalue weighted by atomic mass is 9.79. The van der Waals surface area contributed by atoms with E-state index >= 15 is 0 Å². The highest BCUT2D eigenvalue weighted by Crippen LogP contribution is 2.55. The summed E-state index contributed by atoms with van der Waals surface area (Å²) in [4.78, 5) is 2.46. The molecule has 1 aliphatic carbocycles. The van der Waals surface area contributed by atoms with Gasteiger partial charge in [0.05, 0.1) is 5.69 Å². The number of hydrogen-bond acceptors (Lipinski definition) is 1. The number of fused-ring (bicyclic) bond motifs is 6. The minimum Gasteiger partial charge on any atom is -0.310 e. The Morgan fingerprint density at radius 2 is 1.00 bits per heavy atom. The minimum atomic E-state index is -0.158. The van der Waals surface area contributed by atoms with Gasteiger partial charge < -0.3 is 4.90 Å². The van der Waals surface area contributed by atoms with E-state index in [1.54, 1.807) is 0 Å². The predicted molar refractivity (Wildman–Crippen MR) is 205 cm³/mol. The van der Waals surface area contributed by atoms with Crippen molar-refractivity contribution in [1.29, 1.82) is 0 Å². The first-order valence-electron chi connectivity index (χ1n) is 16.8. The van der Waals surface area contributed by atoms with Gasteiger partial charge in [0, 0.05) is 22.2 Å². The Labute approximate surface area is 282 Å². The second-order valence-electron chi connectivity index (χ2n) is 13.4. The lowest BCUT2D eigenvalue weighted by molar-refractivity contribution is 0.666. The largest absolute Gasteiger partial charge is 0.310 e. The van der Waals surface area contributed by atoms with Crippen LogP contribution in [0.1, 0.15) is 25.0 Å². The van der Waals surface area contributed by atoms with Crippen LogP contribution in [0.3, 0.4) is 0 Å². The fourth-order valence-corrected chi connectivity index (χ4v) is 7.87. The fraction of sp³-hybridized carbons (Fsp3) is 0.0638. The molecular formula is C47H35N. The highest BCUT2D eigenvalue weighted by Gasteiger charge is 2.38. The van der Waals surface area contributed by atoms with Gasteiger partial charge in [0.25, 0.3) is 0 Å². The monoisotopic (exact) mass is 613 g/mol. The van der Waals surface area contributed by atoms with Crippen LogP contribution >= 0.6 is 0 Å². The summed E-state index contributed by atoms with van der Waals surface area (Å²) in [5, 5.41) is 5.02. The van der Waals surface area contributed by atoms with Crippen molar-refractivity contribution in [3.8, 4) is 33.4 Å². The molecule has 9 rings (SSSR count). The molecule has 1 nitrogen and oxygen atoms in total. The van der Waals surface area contributed by atoms with Gasteiger partial charge in [-0.25, -0.2) is 0 Å². The second kappa shape index (κ2) is 11.1. The molecule has 0 bridgehead atoms. The number of anilines is 3. The SMILES string of the molecule is CC1(C)c2cc(-c3ccccc3)ccc2-c2cc(N(c3cccc(-c4ccccc4)c3)c3ccc4ccccc4c3)c3ccccc3c21. The van der Waals surface area contributed by atoms with Crippen LogP contribution in [0.4, 0.5) is 17.1 Å². The zero-order chi connectivity index (χ0) is 32.2. The van der Waals surface area contributed by atoms with Gasteiger partial charge in [-0.1, -0.05) is 153 Å². The summed E-state index contributed by atoms with van der Waals surface area (Å²) in [6, 6.07) is 64.4. The van der Waals surface area contributed by atoms with Gasteiger partial charge in [0.1, 0.15) is 0 Å². The van der Waals surface area contributed by atoms with Crippen molar-refractivity contribution in [3.05, 3.63) is 187 Å². The van der Waals surface area contributed by atoms with Crippen LogP contribution in [0.2, 0.25) is 0 Å². The standard InChI is InChI=1S/C47H35N/c1-47(2)44-30-37(33-16-7-4-8-17-33)25-27-40(44)43-31-45(41-22-11-12-23-42(41)46(43)47)48(39-26-24-34-18-9-10-19-35(34)29-39)38-21-13-20-36(28-38)32-14-5-3-6-15-32/h3-31H,1-2H3. The van der Waals surface area contributed by atoms with Gasteiger partial charge in [0.15, 0.2) is 0 Å². The average molecular weight is 614 g/mol. The zero-order valence-electron chi connectivity index (χ0n) is 27.2. The van der Waals surface area contributed by atoms with Crippen molar-refractivity contribution in [2.75, 3.05) is 4.90 Å². The summed E-state index contributed by atoms with van der Waals surface area (Å²) >= 11 is 0. The average Bonchev–Trinajstić information content (AvgIpc) is 3.38. The molecule has 0 amide bonds. The summed E-state index contributed by atoms with van der Waals surface area (Å²) in [6.07, 6.45) is 0. The van der Waals surface area contributed by atoms with Crippen LogP contribution in [0.15, 0.2) is 176 Å². The van der Waals surface area contributed by atoms with E-state index in [-0.39, 0.29) is 5.41 Å². The van der Waals surface area contributed by atoms with Crippen molar-refractivity contribution in [2.45, 2.75) is 19.3 Å². The quantitative estimate of drug-likeness (QED) is 0.187. The Balaban J connectivity index is 1.31. The maximum atomic E-state index is 2.46. The van der Waals surface area contributed by atoms with E-state index in [0.29, 0.717) is 0 Å². The molecule has 0 unspecified atom stereocenters. The predicted octanol–water partition coefficient (Wildman–Crippen LogP) is 13.1. The molecule has 0 aromatic heterocycles. The molecule has 0 radical (unpaired) electrons. The van der Waals surface area contributed by atoms with E-state index in [4.69, 9.17) is 0 Å². The maximum Gasteiger partial charge on any atom is 0.0546 e. The van der Waals surface area contributed by atoms with Crippen molar-refractivity contribution in [1.82, 2.24) is 0 Å². The molecule has 0 spiro atoms. The van der Waals surface area contributed by atoms with Crippen LogP contribution in [0.5, 0.6) is 0 Å². The molecule has 0 saturated heterocycles. The number of rotatable bonds is 5. The molecule has 0 saturated carbocycles. The van der Waals surface area contributed by atoms with Crippen LogP contribution in [0, 0.1) is 0 Å². The van der Waals surface area contributed by atoms with Gasteiger partial charge in [-0.05, 0) is 97.1 Å². The normalized spacial score (nSPS) is 13.0. The van der Waals surface area contributed by atoms with Gasteiger partial charge in [0.2, 0.25) is 0 Å². The fourth-order valence-electron chi connectivity index (χ4n) is 7.87. The molecule has 228 valence electrons. The van der Waals surface area contributed by atoms with E-state index in [1.807, 2.05) is 0 Å². The third-order valence-electron chi connectivity index (χ3n) is 10.2. The maximum absolute atomic E-state index is 2.46. The second-order valence-corrected chi connectivity index (χ2v) is 13.4. The smallest absolute Gasteiger partial charge is 0.0546 e. The lowest BCUT2D eigenvalue weighted by Crippen LogP contribution is -2.16. The number of nitrogens with zero attached hydrogens (tertiary/aromatic N) is 1. The molecular weight excluding hydrogens is 579 g/mol. The van der Waals surface area contributed by atoms with Gasteiger partial charge in [-0.2, -0.15) is 0 Å². The molecule has 1 aliphatic rings. The minimum absolute atomic E-state index is 0.158. The van der Waals surface area contributed by atoms with E-state index < -0.39 is 0 Å². The van der Waals surface area contributed by atoms with E-state index in [9.17, 15) is 0 Å². The number of benzene rings is 8. The Hall–Kier alpha value is -5.92. The van der Waals surface area contributed by atoms with Crippen molar-refractivity contribution < 1.29 is 0 Å². The summed E-state index contributed by atoms with van der Waals surface area (Å²) < 4.78 is 0. The molecule has 0 atom stereocenters. The highest BCUT2D eigenvalue weighted by atomic mass is 15.1. The summed E-state index contributed by atoms with van der Waals surface area (Å²) in [7, 11) is 0. The Morgan fingerprint density at radius 1 is 0.396 bits per heavy atom. The Kier molecular flexibility index (Phi) is 6.55. The first-order valence-corrected chi connectivity index (χ1v) is 16.8. The van der Waals surface area contributed by atoms with Crippen LogP contribution < -0.4 is 4.90 Å². The molecule has 0 aliphatic heterocycles. The molecule has 1 heteroatoms. The van der Waals surface area contributed by atoms with Crippen LogP contribution in [-0.4, -0.2) is 0 Å². The molecule has 8 aromatic carbocycles. The van der Waals surface area contributed by atoms with E-state index in [2.05, 4.69) is 195 Å². The first kappa shape index (κ1) is 28.3. The Morgan fingerprint density at radius 3 is 1.75 bits per heavy atom. The van der Waals surface area contributed by atoms with Crippen molar-refractivity contribution in [3.63, 3.8) is 0 Å². The topological polar surface area (TPSA) is 3.24 Å². The lowest BCUT2D eigenvalue weighted by Gasteiger charge is -2.30. The van der Waals surface area contributed by atoms with Crippen molar-refractivity contribution in [2.24, 2.45) is 0 Å². The van der Waals surface area contributed by atoms with Crippen LogP contribution in [0.25, 0.3) is 54.9 Å². The van der Waals surface area contributed by atoms with E-state index in [1.165, 1.54) is 71.7 Å². The van der Waals surface area contributed by atoms with Gasteiger partial charge in [-0.15, -0.1) is 0 Å². The third kappa shape index (κ3) is 4.54. The molecule has 0 N–H and O–H groups in total. The molecule has 48 heavy (non-hydrogen) atoms. The van der Waals surface area contributed by atoms with Gasteiger partial charge in [-0.3, -0.25) is 0 Å². The third-order valence-corrected chi connectivity index (χ3v) is 10.2. The van der Waals surface area contributed by atoms with E-state index in [0.717, 1.165) is 11.4 Å². The zero-order valence-corrected chi connectivity index (χ0v) is 27.2. The molecule has 0 fully saturated rings.